The van der Waals surface area contributed by atoms with Crippen molar-refractivity contribution >= 4 is 65.8 Å². The highest BCUT2D eigenvalue weighted by Crippen LogP contribution is 2.37. The molecule has 0 nitrogen and oxygen atoms in total. The van der Waals surface area contributed by atoms with Crippen LogP contribution in [0.25, 0.3) is 10.8 Å². The number of halogens is 4. The quantitative estimate of drug-likeness (QED) is 0.361. The van der Waals surface area contributed by atoms with Crippen LogP contribution in [0.1, 0.15) is 16.0 Å². The number of benzene rings is 3. The van der Waals surface area contributed by atoms with Crippen molar-refractivity contribution in [3.63, 3.8) is 0 Å². The lowest BCUT2D eigenvalue weighted by molar-refractivity contribution is 1.18. The van der Waals surface area contributed by atoms with Crippen LogP contribution in [0.2, 0.25) is 10.0 Å². The van der Waals surface area contributed by atoms with Gasteiger partial charge < -0.3 is 0 Å². The molecule has 0 N–H and O–H groups in total. The van der Waals surface area contributed by atoms with Crippen molar-refractivity contribution in [3.05, 3.63) is 80.2 Å². The van der Waals surface area contributed by atoms with Crippen LogP contribution in [0.4, 0.5) is 0 Å². The molecule has 0 aliphatic carbocycles. The molecule has 0 aromatic heterocycles. The maximum atomic E-state index is 6.29. The highest BCUT2D eigenvalue weighted by Gasteiger charge is 2.14. The fourth-order valence-electron chi connectivity index (χ4n) is 2.28. The lowest BCUT2D eigenvalue weighted by Gasteiger charge is -2.14. The first-order valence-corrected chi connectivity index (χ1v) is 8.79. The molecule has 3 rings (SSSR count). The highest BCUT2D eigenvalue weighted by atomic mass is 79.9. The van der Waals surface area contributed by atoms with E-state index in [9.17, 15) is 0 Å². The summed E-state index contributed by atoms with van der Waals surface area (Å²) in [6.07, 6.45) is 0. The van der Waals surface area contributed by atoms with Crippen LogP contribution in [0.15, 0.2) is 59.1 Å². The summed E-state index contributed by atoms with van der Waals surface area (Å²) in [5.41, 5.74) is 2.17. The van der Waals surface area contributed by atoms with E-state index in [1.807, 2.05) is 18.2 Å². The zero-order chi connectivity index (χ0) is 15.0. The zero-order valence-electron chi connectivity index (χ0n) is 10.8. The summed E-state index contributed by atoms with van der Waals surface area (Å²) < 4.78 is 1.08. The Labute approximate surface area is 150 Å². The van der Waals surface area contributed by atoms with E-state index in [2.05, 4.69) is 62.2 Å². The molecule has 0 amide bonds. The second kappa shape index (κ2) is 6.29. The average molecular weight is 445 g/mol. The predicted octanol–water partition coefficient (Wildman–Crippen LogP) is 7.39. The summed E-state index contributed by atoms with van der Waals surface area (Å²) in [6.45, 7) is 0. The third-order valence-electron chi connectivity index (χ3n) is 3.35. The number of hydrogen-bond acceptors (Lipinski definition) is 0. The largest absolute Gasteiger partial charge is 0.0843 e. The molecule has 3 aromatic rings. The van der Waals surface area contributed by atoms with Gasteiger partial charge in [0.05, 0.1) is 4.83 Å². The maximum absolute atomic E-state index is 6.29. The molecule has 3 aromatic carbocycles. The Balaban J connectivity index is 2.04. The standard InChI is InChI=1S/C17H10Br2Cl2/c18-13-4-3-10-7-12(2-1-11(10)8-13)17(19)15-6-5-14(20)9-16(15)21/h1-9,17H. The fraction of sp³-hybridized carbons (Fsp3) is 0.0588. The van der Waals surface area contributed by atoms with Gasteiger partial charge in [-0.25, -0.2) is 0 Å². The third kappa shape index (κ3) is 3.29. The van der Waals surface area contributed by atoms with Gasteiger partial charge in [-0.1, -0.05) is 79.3 Å². The first kappa shape index (κ1) is 15.4. The van der Waals surface area contributed by atoms with E-state index >= 15 is 0 Å². The van der Waals surface area contributed by atoms with E-state index in [-0.39, 0.29) is 4.83 Å². The predicted molar refractivity (Wildman–Crippen MR) is 98.9 cm³/mol. The van der Waals surface area contributed by atoms with Gasteiger partial charge in [0.1, 0.15) is 0 Å². The molecule has 0 saturated carbocycles. The molecule has 0 saturated heterocycles. The molecule has 0 heterocycles. The Kier molecular flexibility index (Phi) is 4.60. The molecule has 0 radical (unpaired) electrons. The second-order valence-electron chi connectivity index (χ2n) is 4.78. The minimum Gasteiger partial charge on any atom is -0.0843 e. The van der Waals surface area contributed by atoms with Gasteiger partial charge >= 0.3 is 0 Å². The van der Waals surface area contributed by atoms with Crippen molar-refractivity contribution in [3.8, 4) is 0 Å². The molecule has 0 aliphatic heterocycles. The van der Waals surface area contributed by atoms with Crippen molar-refractivity contribution in [1.29, 1.82) is 0 Å². The summed E-state index contributed by atoms with van der Waals surface area (Å²) >= 11 is 19.5. The van der Waals surface area contributed by atoms with E-state index in [1.165, 1.54) is 10.8 Å². The van der Waals surface area contributed by atoms with Crippen LogP contribution in [0.5, 0.6) is 0 Å². The summed E-state index contributed by atoms with van der Waals surface area (Å²) in [5, 5.41) is 3.72. The minimum absolute atomic E-state index is 0.0373. The molecule has 1 atom stereocenters. The van der Waals surface area contributed by atoms with Crippen LogP contribution in [0, 0.1) is 0 Å². The molecule has 0 fully saturated rings. The van der Waals surface area contributed by atoms with Crippen molar-refractivity contribution in [1.82, 2.24) is 0 Å². The molecule has 0 bridgehead atoms. The molecule has 0 spiro atoms. The van der Waals surface area contributed by atoms with Crippen LogP contribution >= 0.6 is 55.1 Å². The SMILES string of the molecule is Clc1ccc(C(Br)c2ccc3cc(Br)ccc3c2)c(Cl)c1. The van der Waals surface area contributed by atoms with Crippen LogP contribution in [0.3, 0.4) is 0 Å². The second-order valence-corrected chi connectivity index (χ2v) is 7.45. The topological polar surface area (TPSA) is 0 Å². The molecule has 21 heavy (non-hydrogen) atoms. The summed E-state index contributed by atoms with van der Waals surface area (Å²) in [5.74, 6) is 0. The molecular formula is C17H10Br2Cl2. The average Bonchev–Trinajstić information content (AvgIpc) is 2.46. The Bertz CT molecular complexity index is 815. The Hall–Kier alpha value is -0.540. The molecule has 0 aliphatic rings. The van der Waals surface area contributed by atoms with Crippen LogP contribution in [-0.2, 0) is 0 Å². The summed E-state index contributed by atoms with van der Waals surface area (Å²) in [6, 6.07) is 18.2. The van der Waals surface area contributed by atoms with Crippen LogP contribution < -0.4 is 0 Å². The van der Waals surface area contributed by atoms with Gasteiger partial charge in [0.15, 0.2) is 0 Å². The molecule has 4 heteroatoms. The minimum atomic E-state index is 0.0373. The highest BCUT2D eigenvalue weighted by molar-refractivity contribution is 9.10. The maximum Gasteiger partial charge on any atom is 0.0659 e. The first-order chi connectivity index (χ1) is 10.0. The Morgan fingerprint density at radius 3 is 2.29 bits per heavy atom. The van der Waals surface area contributed by atoms with Crippen molar-refractivity contribution < 1.29 is 0 Å². The van der Waals surface area contributed by atoms with E-state index < -0.39 is 0 Å². The summed E-state index contributed by atoms with van der Waals surface area (Å²) in [4.78, 5) is 0.0373. The number of alkyl halides is 1. The number of fused-ring (bicyclic) bond motifs is 1. The van der Waals surface area contributed by atoms with E-state index in [1.54, 1.807) is 6.07 Å². The lowest BCUT2D eigenvalue weighted by atomic mass is 10.0. The molecule has 106 valence electrons. The lowest BCUT2D eigenvalue weighted by Crippen LogP contribution is -1.94. The van der Waals surface area contributed by atoms with Gasteiger partial charge in [0, 0.05) is 14.5 Å². The zero-order valence-corrected chi connectivity index (χ0v) is 15.5. The number of hydrogen-bond donors (Lipinski definition) is 0. The first-order valence-electron chi connectivity index (χ1n) is 6.33. The van der Waals surface area contributed by atoms with E-state index in [0.717, 1.165) is 15.6 Å². The van der Waals surface area contributed by atoms with Crippen molar-refractivity contribution in [2.75, 3.05) is 0 Å². The van der Waals surface area contributed by atoms with Gasteiger partial charge in [0.2, 0.25) is 0 Å². The van der Waals surface area contributed by atoms with Crippen molar-refractivity contribution in [2.24, 2.45) is 0 Å². The molecule has 1 unspecified atom stereocenters. The fourth-order valence-corrected chi connectivity index (χ4v) is 3.99. The van der Waals surface area contributed by atoms with Gasteiger partial charge in [-0.2, -0.15) is 0 Å². The van der Waals surface area contributed by atoms with E-state index in [4.69, 9.17) is 23.2 Å². The smallest absolute Gasteiger partial charge is 0.0659 e. The third-order valence-corrected chi connectivity index (χ3v) is 5.43. The Morgan fingerprint density at radius 1 is 0.810 bits per heavy atom. The van der Waals surface area contributed by atoms with E-state index in [0.29, 0.717) is 10.0 Å². The van der Waals surface area contributed by atoms with Crippen LogP contribution in [-0.4, -0.2) is 0 Å². The summed E-state index contributed by atoms with van der Waals surface area (Å²) in [7, 11) is 0. The van der Waals surface area contributed by atoms with Gasteiger partial charge in [0.25, 0.3) is 0 Å². The van der Waals surface area contributed by atoms with Gasteiger partial charge in [-0.05, 0) is 52.2 Å². The molecular weight excluding hydrogens is 435 g/mol. The Morgan fingerprint density at radius 2 is 1.52 bits per heavy atom. The van der Waals surface area contributed by atoms with Gasteiger partial charge in [-0.15, -0.1) is 0 Å². The normalized spacial score (nSPS) is 12.6. The van der Waals surface area contributed by atoms with Gasteiger partial charge in [-0.3, -0.25) is 0 Å². The number of rotatable bonds is 2. The monoisotopic (exact) mass is 442 g/mol. The van der Waals surface area contributed by atoms with Crippen molar-refractivity contribution in [2.45, 2.75) is 4.83 Å².